The maximum atomic E-state index is 6.04. The summed E-state index contributed by atoms with van der Waals surface area (Å²) in [5.41, 5.74) is 8.15. The van der Waals surface area contributed by atoms with Gasteiger partial charge < -0.3 is 15.2 Å². The molecule has 2 N–H and O–H groups in total. The van der Waals surface area contributed by atoms with Crippen molar-refractivity contribution in [1.29, 1.82) is 0 Å². The zero-order valence-electron chi connectivity index (χ0n) is 11.6. The standard InChI is InChI=1S/C14H21IN4/c1-3-7-18(4-2)8-9-19-13-6-5-11(15)10-12(13)17-14(19)16/h5-6,10H,3-4,7-9H2,1-2H3,(H2,16,17). The van der Waals surface area contributed by atoms with Crippen molar-refractivity contribution in [3.05, 3.63) is 21.8 Å². The molecule has 1 aromatic heterocycles. The van der Waals surface area contributed by atoms with E-state index >= 15 is 0 Å². The number of anilines is 1. The molecule has 4 nitrogen and oxygen atoms in total. The van der Waals surface area contributed by atoms with Crippen molar-refractivity contribution in [3.8, 4) is 0 Å². The van der Waals surface area contributed by atoms with Gasteiger partial charge in [0.25, 0.3) is 0 Å². The summed E-state index contributed by atoms with van der Waals surface area (Å²) >= 11 is 2.30. The highest BCUT2D eigenvalue weighted by Crippen LogP contribution is 2.20. The Morgan fingerprint density at radius 1 is 1.32 bits per heavy atom. The van der Waals surface area contributed by atoms with E-state index in [9.17, 15) is 0 Å². The van der Waals surface area contributed by atoms with E-state index in [0.29, 0.717) is 5.95 Å². The lowest BCUT2D eigenvalue weighted by molar-refractivity contribution is 0.278. The molecule has 0 atom stereocenters. The predicted octanol–water partition coefficient (Wildman–Crippen LogP) is 2.96. The molecule has 0 aliphatic carbocycles. The van der Waals surface area contributed by atoms with Gasteiger partial charge in [-0.25, -0.2) is 4.98 Å². The number of imidazole rings is 1. The third kappa shape index (κ3) is 3.39. The summed E-state index contributed by atoms with van der Waals surface area (Å²) in [7, 11) is 0. The summed E-state index contributed by atoms with van der Waals surface area (Å²) in [5, 5.41) is 0. The largest absolute Gasteiger partial charge is 0.369 e. The minimum absolute atomic E-state index is 0.615. The summed E-state index contributed by atoms with van der Waals surface area (Å²) in [6.45, 7) is 8.56. The van der Waals surface area contributed by atoms with Crippen LogP contribution in [-0.2, 0) is 6.54 Å². The molecule has 1 heterocycles. The van der Waals surface area contributed by atoms with Gasteiger partial charge in [0, 0.05) is 16.7 Å². The molecular weight excluding hydrogens is 351 g/mol. The van der Waals surface area contributed by atoms with E-state index in [4.69, 9.17) is 5.73 Å². The third-order valence-electron chi connectivity index (χ3n) is 3.37. The second-order valence-electron chi connectivity index (χ2n) is 4.69. The second kappa shape index (κ2) is 6.56. The lowest BCUT2D eigenvalue weighted by Gasteiger charge is -2.20. The Morgan fingerprint density at radius 3 is 2.79 bits per heavy atom. The molecule has 0 fully saturated rings. The van der Waals surface area contributed by atoms with Crippen LogP contribution in [0, 0.1) is 3.57 Å². The van der Waals surface area contributed by atoms with Crippen LogP contribution in [0.5, 0.6) is 0 Å². The van der Waals surface area contributed by atoms with E-state index in [1.54, 1.807) is 0 Å². The van der Waals surface area contributed by atoms with Crippen LogP contribution < -0.4 is 5.73 Å². The molecule has 19 heavy (non-hydrogen) atoms. The van der Waals surface area contributed by atoms with E-state index in [0.717, 1.165) is 37.2 Å². The number of halogens is 1. The predicted molar refractivity (Wildman–Crippen MR) is 89.3 cm³/mol. The van der Waals surface area contributed by atoms with Crippen LogP contribution in [-0.4, -0.2) is 34.1 Å². The van der Waals surface area contributed by atoms with Gasteiger partial charge in [0.05, 0.1) is 11.0 Å². The molecule has 1 aromatic carbocycles. The number of hydrogen-bond donors (Lipinski definition) is 1. The number of hydrogen-bond acceptors (Lipinski definition) is 3. The van der Waals surface area contributed by atoms with Crippen molar-refractivity contribution in [2.24, 2.45) is 0 Å². The highest BCUT2D eigenvalue weighted by Gasteiger charge is 2.09. The number of nitrogens with two attached hydrogens (primary N) is 1. The number of nitrogen functional groups attached to an aromatic ring is 1. The highest BCUT2D eigenvalue weighted by molar-refractivity contribution is 14.1. The maximum Gasteiger partial charge on any atom is 0.201 e. The van der Waals surface area contributed by atoms with Crippen LogP contribution in [0.3, 0.4) is 0 Å². The molecule has 0 saturated carbocycles. The third-order valence-corrected chi connectivity index (χ3v) is 4.04. The van der Waals surface area contributed by atoms with E-state index in [1.807, 2.05) is 0 Å². The van der Waals surface area contributed by atoms with Gasteiger partial charge in [-0.3, -0.25) is 0 Å². The summed E-state index contributed by atoms with van der Waals surface area (Å²) < 4.78 is 3.31. The summed E-state index contributed by atoms with van der Waals surface area (Å²) in [4.78, 5) is 6.88. The van der Waals surface area contributed by atoms with E-state index < -0.39 is 0 Å². The Morgan fingerprint density at radius 2 is 2.11 bits per heavy atom. The minimum atomic E-state index is 0.615. The van der Waals surface area contributed by atoms with Crippen LogP contribution in [0.15, 0.2) is 18.2 Å². The fourth-order valence-corrected chi connectivity index (χ4v) is 2.82. The topological polar surface area (TPSA) is 47.1 Å². The van der Waals surface area contributed by atoms with E-state index in [1.165, 1.54) is 9.99 Å². The first-order valence-electron chi connectivity index (χ1n) is 6.79. The van der Waals surface area contributed by atoms with Gasteiger partial charge in [0.15, 0.2) is 0 Å². The van der Waals surface area contributed by atoms with Crippen molar-refractivity contribution < 1.29 is 0 Å². The fourth-order valence-electron chi connectivity index (χ4n) is 2.34. The van der Waals surface area contributed by atoms with E-state index in [2.05, 4.69) is 69.1 Å². The minimum Gasteiger partial charge on any atom is -0.369 e. The molecule has 5 heteroatoms. The molecule has 0 radical (unpaired) electrons. The average Bonchev–Trinajstić information content (AvgIpc) is 2.69. The Balaban J connectivity index is 2.18. The van der Waals surface area contributed by atoms with Crippen LogP contribution in [0.2, 0.25) is 0 Å². The smallest absolute Gasteiger partial charge is 0.201 e. The molecule has 2 aromatic rings. The SMILES string of the molecule is CCCN(CC)CCn1c(N)nc2cc(I)ccc21. The van der Waals surface area contributed by atoms with Gasteiger partial charge in [-0.15, -0.1) is 0 Å². The van der Waals surface area contributed by atoms with Gasteiger partial charge in [-0.2, -0.15) is 0 Å². The van der Waals surface area contributed by atoms with Crippen molar-refractivity contribution in [2.45, 2.75) is 26.8 Å². The van der Waals surface area contributed by atoms with Crippen LogP contribution in [0.1, 0.15) is 20.3 Å². The lowest BCUT2D eigenvalue weighted by atomic mass is 10.3. The summed E-state index contributed by atoms with van der Waals surface area (Å²) in [6.07, 6.45) is 1.19. The van der Waals surface area contributed by atoms with E-state index in [-0.39, 0.29) is 0 Å². The van der Waals surface area contributed by atoms with Gasteiger partial charge in [0.1, 0.15) is 0 Å². The molecule has 0 saturated heterocycles. The van der Waals surface area contributed by atoms with Crippen molar-refractivity contribution in [1.82, 2.24) is 14.5 Å². The molecular formula is C14H21IN4. The highest BCUT2D eigenvalue weighted by atomic mass is 127. The van der Waals surface area contributed by atoms with Crippen molar-refractivity contribution in [3.63, 3.8) is 0 Å². The van der Waals surface area contributed by atoms with Crippen LogP contribution >= 0.6 is 22.6 Å². The molecule has 0 spiro atoms. The van der Waals surface area contributed by atoms with Crippen molar-refractivity contribution >= 4 is 39.6 Å². The number of aromatic nitrogens is 2. The number of rotatable bonds is 6. The molecule has 0 aliphatic rings. The molecule has 0 bridgehead atoms. The van der Waals surface area contributed by atoms with Crippen LogP contribution in [0.4, 0.5) is 5.95 Å². The zero-order chi connectivity index (χ0) is 13.8. The zero-order valence-corrected chi connectivity index (χ0v) is 13.7. The maximum absolute atomic E-state index is 6.04. The first kappa shape index (κ1) is 14.6. The second-order valence-corrected chi connectivity index (χ2v) is 5.93. The van der Waals surface area contributed by atoms with Gasteiger partial charge >= 0.3 is 0 Å². The molecule has 2 rings (SSSR count). The molecule has 0 amide bonds. The van der Waals surface area contributed by atoms with Gasteiger partial charge in [-0.05, 0) is 60.3 Å². The normalized spacial score (nSPS) is 11.6. The Kier molecular flexibility index (Phi) is 5.04. The van der Waals surface area contributed by atoms with Crippen molar-refractivity contribution in [2.75, 3.05) is 25.4 Å². The number of benzene rings is 1. The van der Waals surface area contributed by atoms with Gasteiger partial charge in [-0.1, -0.05) is 13.8 Å². The number of likely N-dealkylation sites (N-methyl/N-ethyl adjacent to an activating group) is 1. The Labute approximate surface area is 128 Å². The molecule has 0 unspecified atom stereocenters. The monoisotopic (exact) mass is 372 g/mol. The summed E-state index contributed by atoms with van der Waals surface area (Å²) in [6, 6.07) is 6.28. The van der Waals surface area contributed by atoms with Gasteiger partial charge in [0.2, 0.25) is 5.95 Å². The Bertz CT molecular complexity index is 550. The average molecular weight is 372 g/mol. The first-order valence-corrected chi connectivity index (χ1v) is 7.87. The summed E-state index contributed by atoms with van der Waals surface area (Å²) in [5.74, 6) is 0.615. The first-order chi connectivity index (χ1) is 9.15. The van der Waals surface area contributed by atoms with Crippen LogP contribution in [0.25, 0.3) is 11.0 Å². The fraction of sp³-hybridized carbons (Fsp3) is 0.500. The molecule has 104 valence electrons. The lowest BCUT2D eigenvalue weighted by Crippen LogP contribution is -2.28. The number of fused-ring (bicyclic) bond motifs is 1. The quantitative estimate of drug-likeness (QED) is 0.794. The Hall–Kier alpha value is -0.820. The molecule has 0 aliphatic heterocycles. The number of nitrogens with zero attached hydrogens (tertiary/aromatic N) is 3.